The lowest BCUT2D eigenvalue weighted by Crippen LogP contribution is -1.93. The van der Waals surface area contributed by atoms with Crippen LogP contribution in [0.1, 0.15) is 19.5 Å². The van der Waals surface area contributed by atoms with E-state index in [2.05, 4.69) is 5.10 Å². The van der Waals surface area contributed by atoms with Gasteiger partial charge in [-0.25, -0.2) is 4.68 Å². The van der Waals surface area contributed by atoms with E-state index >= 15 is 0 Å². The SMILES string of the molecule is CC(C)=Nn1cccc1C#N. The van der Waals surface area contributed by atoms with Crippen LogP contribution in [0.2, 0.25) is 0 Å². The van der Waals surface area contributed by atoms with Crippen molar-refractivity contribution < 1.29 is 0 Å². The molecule has 56 valence electrons. The van der Waals surface area contributed by atoms with Gasteiger partial charge >= 0.3 is 0 Å². The number of nitrogens with zero attached hydrogens (tertiary/aromatic N) is 3. The lowest BCUT2D eigenvalue weighted by molar-refractivity contribution is 0.868. The Morgan fingerprint density at radius 1 is 1.64 bits per heavy atom. The monoisotopic (exact) mass is 147 g/mol. The van der Waals surface area contributed by atoms with Gasteiger partial charge in [-0.3, -0.25) is 0 Å². The quantitative estimate of drug-likeness (QED) is 0.556. The van der Waals surface area contributed by atoms with Crippen molar-refractivity contribution in [1.82, 2.24) is 4.68 Å². The van der Waals surface area contributed by atoms with Crippen LogP contribution < -0.4 is 0 Å². The molecule has 11 heavy (non-hydrogen) atoms. The Morgan fingerprint density at radius 3 is 2.91 bits per heavy atom. The molecule has 1 rings (SSSR count). The van der Waals surface area contributed by atoms with Crippen molar-refractivity contribution in [1.29, 1.82) is 5.26 Å². The first-order valence-corrected chi connectivity index (χ1v) is 3.33. The summed E-state index contributed by atoms with van der Waals surface area (Å²) in [7, 11) is 0. The molecular weight excluding hydrogens is 138 g/mol. The third-order valence-electron chi connectivity index (χ3n) is 1.15. The second-order valence-corrected chi connectivity index (χ2v) is 2.40. The van der Waals surface area contributed by atoms with Crippen molar-refractivity contribution in [2.45, 2.75) is 13.8 Å². The van der Waals surface area contributed by atoms with E-state index < -0.39 is 0 Å². The number of nitriles is 1. The lowest BCUT2D eigenvalue weighted by atomic mass is 10.5. The molecule has 0 amide bonds. The van der Waals surface area contributed by atoms with E-state index in [4.69, 9.17) is 5.26 Å². The van der Waals surface area contributed by atoms with Crippen LogP contribution in [0.4, 0.5) is 0 Å². The molecule has 0 saturated carbocycles. The molecular formula is C8H9N3. The molecule has 0 saturated heterocycles. The molecule has 1 aromatic rings. The van der Waals surface area contributed by atoms with Crippen LogP contribution in [-0.2, 0) is 0 Å². The molecule has 0 atom stereocenters. The second kappa shape index (κ2) is 3.02. The molecule has 0 aliphatic heterocycles. The number of aromatic nitrogens is 1. The van der Waals surface area contributed by atoms with E-state index in [0.29, 0.717) is 5.69 Å². The van der Waals surface area contributed by atoms with Crippen LogP contribution in [0.5, 0.6) is 0 Å². The predicted molar refractivity (Wildman–Crippen MR) is 43.3 cm³/mol. The van der Waals surface area contributed by atoms with Crippen LogP contribution in [-0.4, -0.2) is 10.4 Å². The molecule has 0 fully saturated rings. The summed E-state index contributed by atoms with van der Waals surface area (Å²) >= 11 is 0. The van der Waals surface area contributed by atoms with Gasteiger partial charge in [-0.15, -0.1) is 0 Å². The lowest BCUT2D eigenvalue weighted by Gasteiger charge is -1.94. The molecule has 0 aliphatic rings. The third-order valence-corrected chi connectivity index (χ3v) is 1.15. The highest BCUT2D eigenvalue weighted by Crippen LogP contribution is 1.99. The smallest absolute Gasteiger partial charge is 0.142 e. The molecule has 0 radical (unpaired) electrons. The maximum absolute atomic E-state index is 8.58. The molecule has 0 aromatic carbocycles. The molecule has 3 nitrogen and oxygen atoms in total. The first-order valence-electron chi connectivity index (χ1n) is 3.33. The maximum Gasteiger partial charge on any atom is 0.142 e. The maximum atomic E-state index is 8.58. The molecule has 0 spiro atoms. The molecule has 1 heterocycles. The van der Waals surface area contributed by atoms with Gasteiger partial charge in [0.15, 0.2) is 0 Å². The molecule has 0 unspecified atom stereocenters. The van der Waals surface area contributed by atoms with Crippen LogP contribution in [0.15, 0.2) is 23.4 Å². The van der Waals surface area contributed by atoms with Crippen molar-refractivity contribution in [2.24, 2.45) is 5.10 Å². The van der Waals surface area contributed by atoms with E-state index in [1.54, 1.807) is 23.0 Å². The summed E-state index contributed by atoms with van der Waals surface area (Å²) in [6, 6.07) is 5.56. The minimum absolute atomic E-state index is 0.561. The van der Waals surface area contributed by atoms with Crippen LogP contribution in [0.3, 0.4) is 0 Å². The predicted octanol–water partition coefficient (Wildman–Crippen LogP) is 1.60. The second-order valence-electron chi connectivity index (χ2n) is 2.40. The first-order chi connectivity index (χ1) is 5.24. The zero-order valence-electron chi connectivity index (χ0n) is 6.57. The number of hydrogen-bond donors (Lipinski definition) is 0. The van der Waals surface area contributed by atoms with Gasteiger partial charge < -0.3 is 0 Å². The number of hydrogen-bond acceptors (Lipinski definition) is 2. The van der Waals surface area contributed by atoms with Crippen molar-refractivity contribution in [2.75, 3.05) is 0 Å². The molecule has 0 bridgehead atoms. The van der Waals surface area contributed by atoms with E-state index in [0.717, 1.165) is 5.71 Å². The average Bonchev–Trinajstić information content (AvgIpc) is 2.34. The Bertz CT molecular complexity index is 310. The minimum atomic E-state index is 0.561. The normalized spacial score (nSPS) is 8.82. The summed E-state index contributed by atoms with van der Waals surface area (Å²) in [4.78, 5) is 0. The highest BCUT2D eigenvalue weighted by Gasteiger charge is 1.94. The van der Waals surface area contributed by atoms with E-state index in [1.807, 2.05) is 19.9 Å². The summed E-state index contributed by atoms with van der Waals surface area (Å²) in [5.41, 5.74) is 1.49. The van der Waals surface area contributed by atoms with E-state index in [9.17, 15) is 0 Å². The van der Waals surface area contributed by atoms with Gasteiger partial charge in [0, 0.05) is 11.9 Å². The Balaban J connectivity index is 3.06. The topological polar surface area (TPSA) is 41.1 Å². The number of rotatable bonds is 1. The minimum Gasteiger partial charge on any atom is -0.230 e. The van der Waals surface area contributed by atoms with Crippen molar-refractivity contribution in [3.8, 4) is 6.07 Å². The van der Waals surface area contributed by atoms with Gasteiger partial charge in [-0.1, -0.05) is 0 Å². The van der Waals surface area contributed by atoms with Crippen molar-refractivity contribution in [3.63, 3.8) is 0 Å². The fraction of sp³-hybridized carbons (Fsp3) is 0.250. The van der Waals surface area contributed by atoms with E-state index in [-0.39, 0.29) is 0 Å². The molecule has 1 aromatic heterocycles. The summed E-state index contributed by atoms with van der Waals surface area (Å²) in [5, 5.41) is 12.7. The third kappa shape index (κ3) is 1.68. The fourth-order valence-corrected chi connectivity index (χ4v) is 0.764. The first kappa shape index (κ1) is 7.55. The van der Waals surface area contributed by atoms with Crippen LogP contribution >= 0.6 is 0 Å². The summed E-state index contributed by atoms with van der Waals surface area (Å²) in [6.45, 7) is 3.78. The van der Waals surface area contributed by atoms with Crippen LogP contribution in [0.25, 0.3) is 0 Å². The Hall–Kier alpha value is -1.56. The Morgan fingerprint density at radius 2 is 2.36 bits per heavy atom. The van der Waals surface area contributed by atoms with Crippen molar-refractivity contribution in [3.05, 3.63) is 24.0 Å². The largest absolute Gasteiger partial charge is 0.230 e. The molecule has 0 aliphatic carbocycles. The Labute approximate surface area is 65.6 Å². The average molecular weight is 147 g/mol. The van der Waals surface area contributed by atoms with Gasteiger partial charge in [0.2, 0.25) is 0 Å². The summed E-state index contributed by atoms with van der Waals surface area (Å²) < 4.78 is 1.56. The van der Waals surface area contributed by atoms with Gasteiger partial charge in [-0.2, -0.15) is 10.4 Å². The Kier molecular flexibility index (Phi) is 2.07. The summed E-state index contributed by atoms with van der Waals surface area (Å²) in [5.74, 6) is 0. The van der Waals surface area contributed by atoms with Crippen molar-refractivity contribution >= 4 is 5.71 Å². The van der Waals surface area contributed by atoms with Gasteiger partial charge in [0.05, 0.1) is 0 Å². The highest BCUT2D eigenvalue weighted by molar-refractivity contribution is 5.78. The zero-order valence-corrected chi connectivity index (χ0v) is 6.57. The standard InChI is InChI=1S/C8H9N3/c1-7(2)10-11-5-3-4-8(11)6-9/h3-5H,1-2H3. The van der Waals surface area contributed by atoms with Crippen LogP contribution in [0, 0.1) is 11.3 Å². The molecule has 0 N–H and O–H groups in total. The van der Waals surface area contributed by atoms with Gasteiger partial charge in [0.25, 0.3) is 0 Å². The zero-order chi connectivity index (χ0) is 8.27. The van der Waals surface area contributed by atoms with Gasteiger partial charge in [-0.05, 0) is 26.0 Å². The summed E-state index contributed by atoms with van der Waals surface area (Å²) in [6.07, 6.45) is 1.76. The highest BCUT2D eigenvalue weighted by atomic mass is 15.3. The molecule has 3 heteroatoms. The van der Waals surface area contributed by atoms with E-state index in [1.165, 1.54) is 0 Å². The fourth-order valence-electron chi connectivity index (χ4n) is 0.764. The van der Waals surface area contributed by atoms with Gasteiger partial charge in [0.1, 0.15) is 11.8 Å².